The Bertz CT molecular complexity index is 489. The molecule has 1 aromatic rings. The van der Waals surface area contributed by atoms with E-state index in [2.05, 4.69) is 27.6 Å². The molecule has 0 unspecified atom stereocenters. The molecule has 0 aliphatic rings. The van der Waals surface area contributed by atoms with Gasteiger partial charge in [0.1, 0.15) is 17.5 Å². The molecule has 0 aliphatic carbocycles. The molecule has 0 aromatic carbocycles. The van der Waals surface area contributed by atoms with E-state index in [9.17, 15) is 4.79 Å². The van der Waals surface area contributed by atoms with Gasteiger partial charge in [-0.15, -0.1) is 0 Å². The normalized spacial score (nSPS) is 10.6. The van der Waals surface area contributed by atoms with Crippen LogP contribution in [0.2, 0.25) is 0 Å². The van der Waals surface area contributed by atoms with Crippen molar-refractivity contribution in [3.8, 4) is 0 Å². The number of hydrogen-bond acceptors (Lipinski definition) is 6. The molecule has 0 radical (unpaired) electrons. The number of hydrazine groups is 1. The highest BCUT2D eigenvalue weighted by molar-refractivity contribution is 5.81. The summed E-state index contributed by atoms with van der Waals surface area (Å²) in [5.74, 6) is 7.52. The lowest BCUT2D eigenvalue weighted by Crippen LogP contribution is -2.39. The topological polar surface area (TPSA) is 96.2 Å². The number of amides is 1. The van der Waals surface area contributed by atoms with Gasteiger partial charge < -0.3 is 15.6 Å². The monoisotopic (exact) mass is 294 g/mol. The SMILES string of the molecule is CCCc1nc(NN)c(C)c(N(C)CC(=O)NC(C)C)n1. The minimum atomic E-state index is -0.0372. The van der Waals surface area contributed by atoms with Gasteiger partial charge >= 0.3 is 0 Å². The summed E-state index contributed by atoms with van der Waals surface area (Å²) in [6, 6.07) is 0.120. The largest absolute Gasteiger partial charge is 0.352 e. The number of nitrogen functional groups attached to an aromatic ring is 1. The number of carbonyl (C=O) groups is 1. The van der Waals surface area contributed by atoms with Crippen LogP contribution in [0.15, 0.2) is 0 Å². The maximum atomic E-state index is 11.9. The minimum Gasteiger partial charge on any atom is -0.352 e. The van der Waals surface area contributed by atoms with Crippen LogP contribution in [0.4, 0.5) is 11.6 Å². The van der Waals surface area contributed by atoms with Gasteiger partial charge in [-0.1, -0.05) is 6.92 Å². The second kappa shape index (κ2) is 7.78. The van der Waals surface area contributed by atoms with Gasteiger partial charge in [-0.25, -0.2) is 15.8 Å². The maximum Gasteiger partial charge on any atom is 0.239 e. The Morgan fingerprint density at radius 1 is 1.38 bits per heavy atom. The molecule has 118 valence electrons. The number of nitrogens with zero attached hydrogens (tertiary/aromatic N) is 3. The average molecular weight is 294 g/mol. The van der Waals surface area contributed by atoms with Crippen molar-refractivity contribution in [1.82, 2.24) is 15.3 Å². The van der Waals surface area contributed by atoms with Gasteiger partial charge in [0.2, 0.25) is 5.91 Å². The number of aryl methyl sites for hydroxylation is 1. The summed E-state index contributed by atoms with van der Waals surface area (Å²) in [5, 5.41) is 2.87. The van der Waals surface area contributed by atoms with Gasteiger partial charge in [0.05, 0.1) is 6.54 Å². The predicted octanol–water partition coefficient (Wildman–Crippen LogP) is 0.984. The fourth-order valence-corrected chi connectivity index (χ4v) is 2.06. The van der Waals surface area contributed by atoms with Crippen LogP contribution in [-0.4, -0.2) is 35.5 Å². The molecule has 1 heterocycles. The Morgan fingerprint density at radius 2 is 2.05 bits per heavy atom. The summed E-state index contributed by atoms with van der Waals surface area (Å²) in [5.41, 5.74) is 3.43. The van der Waals surface area contributed by atoms with E-state index in [-0.39, 0.29) is 18.5 Å². The van der Waals surface area contributed by atoms with Crippen molar-refractivity contribution in [1.29, 1.82) is 0 Å². The fourth-order valence-electron chi connectivity index (χ4n) is 2.06. The third-order valence-electron chi connectivity index (χ3n) is 2.97. The molecule has 21 heavy (non-hydrogen) atoms. The number of anilines is 2. The zero-order valence-electron chi connectivity index (χ0n) is 13.5. The highest BCUT2D eigenvalue weighted by Gasteiger charge is 2.16. The number of carbonyl (C=O) groups excluding carboxylic acids is 1. The van der Waals surface area contributed by atoms with E-state index < -0.39 is 0 Å². The minimum absolute atomic E-state index is 0.0372. The Morgan fingerprint density at radius 3 is 2.57 bits per heavy atom. The Labute approximate surface area is 126 Å². The van der Waals surface area contributed by atoms with Crippen LogP contribution in [0.1, 0.15) is 38.6 Å². The summed E-state index contributed by atoms with van der Waals surface area (Å²) < 4.78 is 0. The molecule has 0 aliphatic heterocycles. The van der Waals surface area contributed by atoms with Crippen LogP contribution >= 0.6 is 0 Å². The van der Waals surface area contributed by atoms with Crippen molar-refractivity contribution in [2.24, 2.45) is 5.84 Å². The van der Waals surface area contributed by atoms with E-state index in [0.29, 0.717) is 5.82 Å². The molecule has 0 saturated heterocycles. The van der Waals surface area contributed by atoms with E-state index in [0.717, 1.165) is 30.0 Å². The van der Waals surface area contributed by atoms with Gasteiger partial charge in [-0.05, 0) is 27.2 Å². The second-order valence-electron chi connectivity index (χ2n) is 5.41. The third-order valence-corrected chi connectivity index (χ3v) is 2.97. The van der Waals surface area contributed by atoms with Crippen LogP contribution in [-0.2, 0) is 11.2 Å². The van der Waals surface area contributed by atoms with Crippen molar-refractivity contribution < 1.29 is 4.79 Å². The Kier molecular flexibility index (Phi) is 6.36. The molecule has 0 atom stereocenters. The summed E-state index contributed by atoms with van der Waals surface area (Å²) in [6.45, 7) is 8.06. The first kappa shape index (κ1) is 17.2. The summed E-state index contributed by atoms with van der Waals surface area (Å²) >= 11 is 0. The van der Waals surface area contributed by atoms with Crippen LogP contribution in [0, 0.1) is 6.92 Å². The average Bonchev–Trinajstić information content (AvgIpc) is 2.39. The molecular formula is C14H26N6O. The van der Waals surface area contributed by atoms with E-state index in [1.54, 1.807) is 0 Å². The van der Waals surface area contributed by atoms with Crippen LogP contribution < -0.4 is 21.5 Å². The smallest absolute Gasteiger partial charge is 0.239 e. The first-order chi connectivity index (χ1) is 9.88. The quantitative estimate of drug-likeness (QED) is 0.512. The first-order valence-electron chi connectivity index (χ1n) is 7.23. The summed E-state index contributed by atoms with van der Waals surface area (Å²) in [4.78, 5) is 22.6. The van der Waals surface area contributed by atoms with Crippen LogP contribution in [0.3, 0.4) is 0 Å². The molecule has 7 nitrogen and oxygen atoms in total. The number of hydrogen-bond donors (Lipinski definition) is 3. The highest BCUT2D eigenvalue weighted by Crippen LogP contribution is 2.22. The summed E-state index contributed by atoms with van der Waals surface area (Å²) in [6.07, 6.45) is 1.72. The van der Waals surface area contributed by atoms with Gasteiger partial charge in [-0.2, -0.15) is 0 Å². The zero-order valence-corrected chi connectivity index (χ0v) is 13.5. The second-order valence-corrected chi connectivity index (χ2v) is 5.41. The molecule has 0 spiro atoms. The first-order valence-corrected chi connectivity index (χ1v) is 7.23. The van der Waals surface area contributed by atoms with Gasteiger partial charge in [0.15, 0.2) is 0 Å². The highest BCUT2D eigenvalue weighted by atomic mass is 16.2. The molecule has 0 bridgehead atoms. The van der Waals surface area contributed by atoms with Gasteiger partial charge in [0.25, 0.3) is 0 Å². The number of rotatable bonds is 7. The summed E-state index contributed by atoms with van der Waals surface area (Å²) in [7, 11) is 1.84. The lowest BCUT2D eigenvalue weighted by molar-refractivity contribution is -0.120. The van der Waals surface area contributed by atoms with Crippen molar-refractivity contribution in [3.63, 3.8) is 0 Å². The van der Waals surface area contributed by atoms with Crippen LogP contribution in [0.5, 0.6) is 0 Å². The van der Waals surface area contributed by atoms with Crippen molar-refractivity contribution in [2.45, 2.75) is 46.6 Å². The molecule has 0 fully saturated rings. The Balaban J connectivity index is 2.98. The lowest BCUT2D eigenvalue weighted by atomic mass is 10.2. The van der Waals surface area contributed by atoms with Crippen LogP contribution in [0.25, 0.3) is 0 Å². The van der Waals surface area contributed by atoms with Crippen molar-refractivity contribution in [2.75, 3.05) is 23.9 Å². The molecule has 0 saturated carbocycles. The van der Waals surface area contributed by atoms with E-state index in [1.165, 1.54) is 0 Å². The predicted molar refractivity (Wildman–Crippen MR) is 85.1 cm³/mol. The number of nitrogens with one attached hydrogen (secondary N) is 2. The van der Waals surface area contributed by atoms with Gasteiger partial charge in [0, 0.05) is 25.1 Å². The Hall–Kier alpha value is -1.89. The molecule has 1 aromatic heterocycles. The fraction of sp³-hybridized carbons (Fsp3) is 0.643. The van der Waals surface area contributed by atoms with Gasteiger partial charge in [-0.3, -0.25) is 4.79 Å². The zero-order chi connectivity index (χ0) is 16.0. The van der Waals surface area contributed by atoms with E-state index in [1.807, 2.05) is 32.7 Å². The van der Waals surface area contributed by atoms with Crippen molar-refractivity contribution >= 4 is 17.5 Å². The third kappa shape index (κ3) is 4.86. The van der Waals surface area contributed by atoms with E-state index >= 15 is 0 Å². The molecule has 7 heteroatoms. The number of aromatic nitrogens is 2. The number of likely N-dealkylation sites (N-methyl/N-ethyl adjacent to an activating group) is 1. The molecule has 1 rings (SSSR count). The molecular weight excluding hydrogens is 268 g/mol. The molecule has 4 N–H and O–H groups in total. The lowest BCUT2D eigenvalue weighted by Gasteiger charge is -2.22. The maximum absolute atomic E-state index is 11.9. The molecule has 1 amide bonds. The number of nitrogens with two attached hydrogens (primary N) is 1. The van der Waals surface area contributed by atoms with Crippen molar-refractivity contribution in [3.05, 3.63) is 11.4 Å². The standard InChI is InChI=1S/C14H26N6O/c1-6-7-11-17-13(19-15)10(4)14(18-11)20(5)8-12(21)16-9(2)3/h9H,6-8,15H2,1-5H3,(H,16,21)(H,17,18,19). The van der Waals surface area contributed by atoms with E-state index in [4.69, 9.17) is 5.84 Å².